The van der Waals surface area contributed by atoms with Gasteiger partial charge >= 0.3 is 0 Å². The Balaban J connectivity index is 1.49. The molecule has 4 rings (SSSR count). The quantitative estimate of drug-likeness (QED) is 0.663. The molecule has 142 valence electrons. The van der Waals surface area contributed by atoms with Crippen LogP contribution in [0.5, 0.6) is 11.5 Å². The number of nitrogens with zero attached hydrogens (tertiary/aromatic N) is 2. The van der Waals surface area contributed by atoms with Crippen molar-refractivity contribution in [2.75, 3.05) is 13.2 Å². The van der Waals surface area contributed by atoms with E-state index in [-0.39, 0.29) is 12.5 Å². The van der Waals surface area contributed by atoms with Gasteiger partial charge < -0.3 is 14.4 Å². The van der Waals surface area contributed by atoms with Gasteiger partial charge in [0.25, 0.3) is 5.91 Å². The first-order valence-corrected chi connectivity index (χ1v) is 9.40. The molecule has 0 radical (unpaired) electrons. The maximum Gasteiger partial charge on any atom is 0.267 e. The van der Waals surface area contributed by atoms with Crippen molar-refractivity contribution in [2.45, 2.75) is 19.1 Å². The number of amides is 1. The van der Waals surface area contributed by atoms with Crippen molar-refractivity contribution in [2.24, 2.45) is 0 Å². The number of para-hydroxylation sites is 2. The third kappa shape index (κ3) is 4.31. The highest BCUT2D eigenvalue weighted by atomic mass is 16.6. The zero-order valence-electron chi connectivity index (χ0n) is 15.5. The Morgan fingerprint density at radius 3 is 2.50 bits per heavy atom. The van der Waals surface area contributed by atoms with Gasteiger partial charge in [0, 0.05) is 25.5 Å². The summed E-state index contributed by atoms with van der Waals surface area (Å²) in [6.07, 6.45) is 3.64. The predicted molar refractivity (Wildman–Crippen MR) is 106 cm³/mol. The maximum absolute atomic E-state index is 13.2. The summed E-state index contributed by atoms with van der Waals surface area (Å²) in [4.78, 5) is 19.2. The molecule has 1 aliphatic heterocycles. The molecule has 1 atom stereocenters. The van der Waals surface area contributed by atoms with E-state index in [0.29, 0.717) is 24.6 Å². The van der Waals surface area contributed by atoms with E-state index in [1.807, 2.05) is 59.5 Å². The van der Waals surface area contributed by atoms with Crippen LogP contribution in [0.3, 0.4) is 0 Å². The molecule has 1 amide bonds. The topological polar surface area (TPSA) is 51.7 Å². The fraction of sp³-hybridized carbons (Fsp3) is 0.217. The molecule has 0 aliphatic carbocycles. The molecule has 1 aliphatic rings. The average molecular weight is 374 g/mol. The minimum absolute atomic E-state index is 0.0747. The van der Waals surface area contributed by atoms with Crippen LogP contribution in [0.15, 0.2) is 79.1 Å². The molecular weight excluding hydrogens is 352 g/mol. The first kappa shape index (κ1) is 18.0. The molecule has 0 bridgehead atoms. The second kappa shape index (κ2) is 8.57. The Morgan fingerprint density at radius 2 is 1.71 bits per heavy atom. The van der Waals surface area contributed by atoms with Crippen LogP contribution in [0.4, 0.5) is 0 Å². The lowest BCUT2D eigenvalue weighted by atomic mass is 10.1. The second-order valence-corrected chi connectivity index (χ2v) is 6.72. The zero-order chi connectivity index (χ0) is 19.2. The van der Waals surface area contributed by atoms with Gasteiger partial charge in [-0.1, -0.05) is 48.5 Å². The molecule has 5 nitrogen and oxygen atoms in total. The Hall–Kier alpha value is -3.34. The second-order valence-electron chi connectivity index (χ2n) is 6.72. The highest BCUT2D eigenvalue weighted by Crippen LogP contribution is 2.31. The number of rotatable bonds is 6. The maximum atomic E-state index is 13.2. The number of carbonyl (C=O) groups is 1. The first-order chi connectivity index (χ1) is 13.8. The molecule has 0 N–H and O–H groups in total. The SMILES string of the molecule is O=C([C@@H]1COc2ccccc2O1)N(CCc1ccccc1)Cc1cccnc1. The number of aromatic nitrogens is 1. The summed E-state index contributed by atoms with van der Waals surface area (Å²) in [5.74, 6) is 1.21. The van der Waals surface area contributed by atoms with Gasteiger partial charge in [-0.2, -0.15) is 0 Å². The first-order valence-electron chi connectivity index (χ1n) is 9.40. The molecule has 28 heavy (non-hydrogen) atoms. The van der Waals surface area contributed by atoms with Gasteiger partial charge in [-0.3, -0.25) is 9.78 Å². The monoisotopic (exact) mass is 374 g/mol. The molecule has 0 unspecified atom stereocenters. The molecule has 5 heteroatoms. The zero-order valence-corrected chi connectivity index (χ0v) is 15.5. The predicted octanol–water partition coefficient (Wildman–Crippen LogP) is 3.49. The number of pyridine rings is 1. The van der Waals surface area contributed by atoms with Crippen molar-refractivity contribution in [1.29, 1.82) is 0 Å². The van der Waals surface area contributed by atoms with Gasteiger partial charge in [-0.05, 0) is 35.7 Å². The highest BCUT2D eigenvalue weighted by Gasteiger charge is 2.31. The van der Waals surface area contributed by atoms with Crippen LogP contribution < -0.4 is 9.47 Å². The van der Waals surface area contributed by atoms with Crippen molar-refractivity contribution < 1.29 is 14.3 Å². The van der Waals surface area contributed by atoms with Gasteiger partial charge in [-0.25, -0.2) is 0 Å². The van der Waals surface area contributed by atoms with Gasteiger partial charge in [0.2, 0.25) is 6.10 Å². The third-order valence-electron chi connectivity index (χ3n) is 4.71. The summed E-state index contributed by atoms with van der Waals surface area (Å²) >= 11 is 0. The Morgan fingerprint density at radius 1 is 0.964 bits per heavy atom. The molecule has 2 heterocycles. The van der Waals surface area contributed by atoms with Crippen LogP contribution in [0.2, 0.25) is 0 Å². The van der Waals surface area contributed by atoms with E-state index in [0.717, 1.165) is 12.0 Å². The van der Waals surface area contributed by atoms with Crippen molar-refractivity contribution in [3.05, 3.63) is 90.3 Å². The molecule has 0 fully saturated rings. The third-order valence-corrected chi connectivity index (χ3v) is 4.71. The van der Waals surface area contributed by atoms with Crippen LogP contribution in [-0.2, 0) is 17.8 Å². The lowest BCUT2D eigenvalue weighted by Gasteiger charge is -2.31. The number of hydrogen-bond acceptors (Lipinski definition) is 4. The van der Waals surface area contributed by atoms with E-state index in [1.54, 1.807) is 12.4 Å². The Labute approximate surface area is 164 Å². The summed E-state index contributed by atoms with van der Waals surface area (Å²) in [6, 6.07) is 21.4. The minimum Gasteiger partial charge on any atom is -0.485 e. The van der Waals surface area contributed by atoms with Crippen molar-refractivity contribution in [1.82, 2.24) is 9.88 Å². The Kier molecular flexibility index (Phi) is 5.52. The molecule has 3 aromatic rings. The number of fused-ring (bicyclic) bond motifs is 1. The van der Waals surface area contributed by atoms with Gasteiger partial charge in [0.1, 0.15) is 6.61 Å². The average Bonchev–Trinajstić information content (AvgIpc) is 2.77. The van der Waals surface area contributed by atoms with Crippen LogP contribution in [0.1, 0.15) is 11.1 Å². The van der Waals surface area contributed by atoms with Crippen molar-refractivity contribution >= 4 is 5.91 Å². The van der Waals surface area contributed by atoms with Crippen LogP contribution >= 0.6 is 0 Å². The van der Waals surface area contributed by atoms with E-state index < -0.39 is 6.10 Å². The summed E-state index contributed by atoms with van der Waals surface area (Å²) in [5.41, 5.74) is 2.18. The lowest BCUT2D eigenvalue weighted by Crippen LogP contribution is -2.46. The fourth-order valence-electron chi connectivity index (χ4n) is 3.23. The fourth-order valence-corrected chi connectivity index (χ4v) is 3.23. The van der Waals surface area contributed by atoms with E-state index in [1.165, 1.54) is 5.56 Å². The normalized spacial score (nSPS) is 15.1. The number of benzene rings is 2. The number of hydrogen-bond donors (Lipinski definition) is 0. The van der Waals surface area contributed by atoms with Crippen LogP contribution in [0.25, 0.3) is 0 Å². The van der Waals surface area contributed by atoms with Crippen molar-refractivity contribution in [3.8, 4) is 11.5 Å². The van der Waals surface area contributed by atoms with Gasteiger partial charge in [-0.15, -0.1) is 0 Å². The standard InChI is InChI=1S/C23H22N2O3/c26-23(22-17-27-20-10-4-5-11-21(20)28-22)25(16-19-9-6-13-24-15-19)14-12-18-7-2-1-3-8-18/h1-11,13,15,22H,12,14,16-17H2/t22-/m0/s1. The van der Waals surface area contributed by atoms with Crippen LogP contribution in [0, 0.1) is 0 Å². The van der Waals surface area contributed by atoms with E-state index >= 15 is 0 Å². The Bertz CT molecular complexity index is 915. The van der Waals surface area contributed by atoms with E-state index in [9.17, 15) is 4.79 Å². The number of ether oxygens (including phenoxy) is 2. The molecular formula is C23H22N2O3. The smallest absolute Gasteiger partial charge is 0.267 e. The molecule has 2 aromatic carbocycles. The summed E-state index contributed by atoms with van der Waals surface area (Å²) in [7, 11) is 0. The molecule has 1 aromatic heterocycles. The molecule has 0 saturated heterocycles. The van der Waals surface area contributed by atoms with Gasteiger partial charge in [0.05, 0.1) is 0 Å². The highest BCUT2D eigenvalue weighted by molar-refractivity contribution is 5.82. The number of carbonyl (C=O) groups excluding carboxylic acids is 1. The molecule has 0 saturated carbocycles. The molecule has 0 spiro atoms. The van der Waals surface area contributed by atoms with E-state index in [2.05, 4.69) is 17.1 Å². The van der Waals surface area contributed by atoms with Crippen molar-refractivity contribution in [3.63, 3.8) is 0 Å². The summed E-state index contributed by atoms with van der Waals surface area (Å²) < 4.78 is 11.7. The summed E-state index contributed by atoms with van der Waals surface area (Å²) in [5, 5.41) is 0. The largest absolute Gasteiger partial charge is 0.485 e. The minimum atomic E-state index is -0.651. The van der Waals surface area contributed by atoms with E-state index in [4.69, 9.17) is 9.47 Å². The lowest BCUT2D eigenvalue weighted by molar-refractivity contribution is -0.141. The van der Waals surface area contributed by atoms with Gasteiger partial charge in [0.15, 0.2) is 11.5 Å². The summed E-state index contributed by atoms with van der Waals surface area (Å²) in [6.45, 7) is 1.30. The van der Waals surface area contributed by atoms with Crippen LogP contribution in [-0.4, -0.2) is 35.0 Å².